The Morgan fingerprint density at radius 1 is 1.53 bits per heavy atom. The minimum atomic E-state index is -0.0397. The first-order chi connectivity index (χ1) is 8.21. The third-order valence-corrected chi connectivity index (χ3v) is 3.62. The van der Waals surface area contributed by atoms with Crippen LogP contribution in [0.25, 0.3) is 0 Å². The van der Waals surface area contributed by atoms with Crippen molar-refractivity contribution < 1.29 is 4.79 Å². The van der Waals surface area contributed by atoms with Crippen molar-refractivity contribution in [3.8, 4) is 0 Å². The van der Waals surface area contributed by atoms with Crippen LogP contribution in [0.4, 0.5) is 5.82 Å². The van der Waals surface area contributed by atoms with Crippen LogP contribution in [0.15, 0.2) is 18.3 Å². The number of carbonyl (C=O) groups excluding carboxylic acids is 1. The molecule has 4 heteroatoms. The van der Waals surface area contributed by atoms with Gasteiger partial charge < -0.3 is 10.6 Å². The molecule has 2 N–H and O–H groups in total. The topological polar surface area (TPSA) is 54.0 Å². The van der Waals surface area contributed by atoms with E-state index in [-0.39, 0.29) is 5.91 Å². The molecule has 0 aliphatic heterocycles. The molecule has 2 rings (SSSR count). The second-order valence-corrected chi connectivity index (χ2v) is 4.69. The Labute approximate surface area is 102 Å². The molecule has 0 atom stereocenters. The van der Waals surface area contributed by atoms with Crippen LogP contribution in [-0.2, 0) is 0 Å². The van der Waals surface area contributed by atoms with Crippen LogP contribution < -0.4 is 10.6 Å². The number of anilines is 1. The zero-order valence-electron chi connectivity index (χ0n) is 10.4. The summed E-state index contributed by atoms with van der Waals surface area (Å²) in [5.41, 5.74) is 0.986. The van der Waals surface area contributed by atoms with E-state index in [1.54, 1.807) is 25.4 Å². The lowest BCUT2D eigenvalue weighted by Crippen LogP contribution is -2.30. The molecule has 0 bridgehead atoms. The summed E-state index contributed by atoms with van der Waals surface area (Å²) >= 11 is 0. The van der Waals surface area contributed by atoms with E-state index in [9.17, 15) is 4.79 Å². The van der Waals surface area contributed by atoms with E-state index in [0.717, 1.165) is 13.0 Å². The Hall–Kier alpha value is -1.58. The molecule has 0 radical (unpaired) electrons. The van der Waals surface area contributed by atoms with Crippen LogP contribution in [0.2, 0.25) is 0 Å². The highest BCUT2D eigenvalue weighted by molar-refractivity contribution is 5.98. The maximum absolute atomic E-state index is 12.0. The van der Waals surface area contributed by atoms with Crippen molar-refractivity contribution in [1.82, 2.24) is 10.3 Å². The number of nitrogens with one attached hydrogen (secondary N) is 2. The maximum Gasteiger partial charge on any atom is 0.255 e. The molecule has 1 fully saturated rings. The summed E-state index contributed by atoms with van der Waals surface area (Å²) in [4.78, 5) is 16.2. The van der Waals surface area contributed by atoms with Crippen LogP contribution in [-0.4, -0.2) is 24.5 Å². The van der Waals surface area contributed by atoms with Gasteiger partial charge in [0.1, 0.15) is 5.82 Å². The standard InChI is InChI=1S/C13H19N3O/c1-3-13(6-7-13)9-16-12(17)10-5-4-8-15-11(10)14-2/h4-5,8H,3,6-7,9H2,1-2H3,(H,14,15)(H,16,17). The SMILES string of the molecule is CCC1(CNC(=O)c2cccnc2NC)CC1. The van der Waals surface area contributed by atoms with Gasteiger partial charge in [0.05, 0.1) is 5.56 Å². The molecule has 1 aromatic heterocycles. The van der Waals surface area contributed by atoms with Gasteiger partial charge in [-0.2, -0.15) is 0 Å². The van der Waals surface area contributed by atoms with Crippen molar-refractivity contribution in [2.75, 3.05) is 18.9 Å². The summed E-state index contributed by atoms with van der Waals surface area (Å²) in [6.45, 7) is 2.96. The number of rotatable bonds is 5. The smallest absolute Gasteiger partial charge is 0.255 e. The van der Waals surface area contributed by atoms with Crippen LogP contribution >= 0.6 is 0 Å². The first-order valence-corrected chi connectivity index (χ1v) is 6.12. The van der Waals surface area contributed by atoms with E-state index in [2.05, 4.69) is 22.5 Å². The van der Waals surface area contributed by atoms with Gasteiger partial charge in [0.25, 0.3) is 5.91 Å². The average molecular weight is 233 g/mol. The summed E-state index contributed by atoms with van der Waals surface area (Å²) in [7, 11) is 1.77. The summed E-state index contributed by atoms with van der Waals surface area (Å²) < 4.78 is 0. The molecule has 0 unspecified atom stereocenters. The van der Waals surface area contributed by atoms with E-state index in [0.29, 0.717) is 16.8 Å². The third kappa shape index (κ3) is 2.57. The van der Waals surface area contributed by atoms with Crippen LogP contribution in [0, 0.1) is 5.41 Å². The van der Waals surface area contributed by atoms with E-state index in [4.69, 9.17) is 0 Å². The molecule has 0 spiro atoms. The van der Waals surface area contributed by atoms with Crippen molar-refractivity contribution in [2.45, 2.75) is 26.2 Å². The lowest BCUT2D eigenvalue weighted by Gasteiger charge is -2.14. The van der Waals surface area contributed by atoms with Gasteiger partial charge in [0.2, 0.25) is 0 Å². The minimum Gasteiger partial charge on any atom is -0.372 e. The first kappa shape index (κ1) is 11.9. The van der Waals surface area contributed by atoms with Gasteiger partial charge in [-0.15, -0.1) is 0 Å². The van der Waals surface area contributed by atoms with E-state index in [1.807, 2.05) is 0 Å². The highest BCUT2D eigenvalue weighted by Crippen LogP contribution is 2.47. The lowest BCUT2D eigenvalue weighted by molar-refractivity contribution is 0.0945. The zero-order chi connectivity index (χ0) is 12.3. The Kier molecular flexibility index (Phi) is 3.31. The highest BCUT2D eigenvalue weighted by atomic mass is 16.1. The number of aromatic nitrogens is 1. The van der Waals surface area contributed by atoms with Gasteiger partial charge in [-0.3, -0.25) is 4.79 Å². The van der Waals surface area contributed by atoms with Gasteiger partial charge in [-0.1, -0.05) is 6.92 Å². The number of hydrogen-bond donors (Lipinski definition) is 2. The van der Waals surface area contributed by atoms with E-state index in [1.165, 1.54) is 12.8 Å². The predicted octanol–water partition coefficient (Wildman–Crippen LogP) is 2.04. The molecule has 1 aromatic rings. The molecule has 92 valence electrons. The summed E-state index contributed by atoms with van der Waals surface area (Å²) in [5.74, 6) is 0.591. The lowest BCUT2D eigenvalue weighted by atomic mass is 10.0. The molecule has 4 nitrogen and oxygen atoms in total. The molecular formula is C13H19N3O. The number of pyridine rings is 1. The second kappa shape index (κ2) is 4.73. The number of hydrogen-bond acceptors (Lipinski definition) is 3. The van der Waals surface area contributed by atoms with Crippen molar-refractivity contribution in [2.24, 2.45) is 5.41 Å². The van der Waals surface area contributed by atoms with Crippen LogP contribution in [0.5, 0.6) is 0 Å². The van der Waals surface area contributed by atoms with Gasteiger partial charge in [0, 0.05) is 19.8 Å². The molecule has 0 saturated heterocycles. The molecule has 17 heavy (non-hydrogen) atoms. The van der Waals surface area contributed by atoms with E-state index >= 15 is 0 Å². The number of amides is 1. The monoisotopic (exact) mass is 233 g/mol. The largest absolute Gasteiger partial charge is 0.372 e. The molecular weight excluding hydrogens is 214 g/mol. The summed E-state index contributed by atoms with van der Waals surface area (Å²) in [6, 6.07) is 3.57. The fourth-order valence-corrected chi connectivity index (χ4v) is 1.98. The molecule has 0 aromatic carbocycles. The molecule has 1 aliphatic rings. The van der Waals surface area contributed by atoms with Gasteiger partial charge in [-0.05, 0) is 36.8 Å². The average Bonchev–Trinajstić information content (AvgIpc) is 3.16. The third-order valence-electron chi connectivity index (χ3n) is 3.62. The Morgan fingerprint density at radius 3 is 2.88 bits per heavy atom. The quantitative estimate of drug-likeness (QED) is 0.818. The van der Waals surface area contributed by atoms with Gasteiger partial charge in [-0.25, -0.2) is 4.98 Å². The Bertz CT molecular complexity index is 413. The van der Waals surface area contributed by atoms with Crippen molar-refractivity contribution in [3.63, 3.8) is 0 Å². The minimum absolute atomic E-state index is 0.0397. The Morgan fingerprint density at radius 2 is 2.29 bits per heavy atom. The Balaban J connectivity index is 1.99. The maximum atomic E-state index is 12.0. The van der Waals surface area contributed by atoms with Crippen molar-refractivity contribution in [1.29, 1.82) is 0 Å². The summed E-state index contributed by atoms with van der Waals surface area (Å²) in [5, 5.41) is 5.94. The molecule has 1 saturated carbocycles. The van der Waals surface area contributed by atoms with Crippen molar-refractivity contribution in [3.05, 3.63) is 23.9 Å². The van der Waals surface area contributed by atoms with Gasteiger partial charge in [0.15, 0.2) is 0 Å². The first-order valence-electron chi connectivity index (χ1n) is 6.12. The van der Waals surface area contributed by atoms with E-state index < -0.39 is 0 Å². The zero-order valence-corrected chi connectivity index (χ0v) is 10.4. The fraction of sp³-hybridized carbons (Fsp3) is 0.538. The number of nitrogens with zero attached hydrogens (tertiary/aromatic N) is 1. The molecule has 1 heterocycles. The van der Waals surface area contributed by atoms with Gasteiger partial charge >= 0.3 is 0 Å². The molecule has 1 amide bonds. The van der Waals surface area contributed by atoms with Crippen LogP contribution in [0.3, 0.4) is 0 Å². The second-order valence-electron chi connectivity index (χ2n) is 4.69. The molecule has 1 aliphatic carbocycles. The predicted molar refractivity (Wildman–Crippen MR) is 68.1 cm³/mol. The normalized spacial score (nSPS) is 16.4. The summed E-state index contributed by atoms with van der Waals surface area (Å²) in [6.07, 6.45) is 5.28. The van der Waals surface area contributed by atoms with Crippen LogP contribution in [0.1, 0.15) is 36.5 Å². The van der Waals surface area contributed by atoms with Crippen molar-refractivity contribution >= 4 is 11.7 Å². The highest BCUT2D eigenvalue weighted by Gasteiger charge is 2.40. The number of carbonyl (C=O) groups is 1. The fourth-order valence-electron chi connectivity index (χ4n) is 1.98.